The number of aryl methyl sites for hydroxylation is 2. The number of benzene rings is 1. The second-order valence-corrected chi connectivity index (χ2v) is 6.85. The van der Waals surface area contributed by atoms with Crippen molar-refractivity contribution >= 4 is 21.6 Å². The van der Waals surface area contributed by atoms with Gasteiger partial charge in [-0.25, -0.2) is 0 Å². The molecule has 0 heterocycles. The lowest BCUT2D eigenvalue weighted by Crippen LogP contribution is -2.35. The second-order valence-electron chi connectivity index (χ2n) is 5.93. The average Bonchev–Trinajstić information content (AvgIpc) is 2.28. The number of hydrogen-bond donors (Lipinski definition) is 1. The van der Waals surface area contributed by atoms with Crippen molar-refractivity contribution in [1.29, 1.82) is 0 Å². The first kappa shape index (κ1) is 13.9. The van der Waals surface area contributed by atoms with Crippen LogP contribution in [0.15, 0.2) is 16.6 Å². The lowest BCUT2D eigenvalue weighted by molar-refractivity contribution is 0.253. The molecule has 2 rings (SSSR count). The fraction of sp³-hybridized carbons (Fsp3) is 0.625. The Morgan fingerprint density at radius 3 is 2.33 bits per heavy atom. The molecule has 0 aromatic heterocycles. The van der Waals surface area contributed by atoms with Crippen molar-refractivity contribution in [3.8, 4) is 0 Å². The third-order valence-electron chi connectivity index (χ3n) is 4.53. The fourth-order valence-electron chi connectivity index (χ4n) is 3.11. The van der Waals surface area contributed by atoms with Crippen molar-refractivity contribution in [2.45, 2.75) is 53.0 Å². The molecule has 1 nitrogen and oxygen atoms in total. The average molecular weight is 310 g/mol. The van der Waals surface area contributed by atoms with Crippen LogP contribution >= 0.6 is 15.9 Å². The Labute approximate surface area is 119 Å². The van der Waals surface area contributed by atoms with Crippen LogP contribution in [0, 0.1) is 25.7 Å². The van der Waals surface area contributed by atoms with Gasteiger partial charge in [-0.3, -0.25) is 0 Å². The maximum atomic E-state index is 3.80. The van der Waals surface area contributed by atoms with Crippen LogP contribution in [0.5, 0.6) is 0 Å². The molecule has 0 spiro atoms. The SMILES string of the molecule is Cc1cc(Br)cc(C)c1NC1CCCC(C)C1C. The maximum Gasteiger partial charge on any atom is 0.0402 e. The van der Waals surface area contributed by atoms with E-state index in [0.29, 0.717) is 6.04 Å². The van der Waals surface area contributed by atoms with Crippen molar-refractivity contribution in [3.05, 3.63) is 27.7 Å². The van der Waals surface area contributed by atoms with Crippen LogP contribution < -0.4 is 5.32 Å². The summed E-state index contributed by atoms with van der Waals surface area (Å²) in [6.07, 6.45) is 4.05. The summed E-state index contributed by atoms with van der Waals surface area (Å²) in [4.78, 5) is 0. The summed E-state index contributed by atoms with van der Waals surface area (Å²) in [7, 11) is 0. The normalized spacial score (nSPS) is 28.2. The van der Waals surface area contributed by atoms with Crippen LogP contribution in [0.2, 0.25) is 0 Å². The summed E-state index contributed by atoms with van der Waals surface area (Å²) in [5.41, 5.74) is 4.02. The lowest BCUT2D eigenvalue weighted by atomic mass is 9.78. The third kappa shape index (κ3) is 2.90. The summed E-state index contributed by atoms with van der Waals surface area (Å²) in [5.74, 6) is 1.61. The van der Waals surface area contributed by atoms with Crippen molar-refractivity contribution < 1.29 is 0 Å². The van der Waals surface area contributed by atoms with Gasteiger partial charge in [-0.1, -0.05) is 42.6 Å². The molecular formula is C16H24BrN. The maximum absolute atomic E-state index is 3.80. The topological polar surface area (TPSA) is 12.0 Å². The van der Waals surface area contributed by atoms with Crippen molar-refractivity contribution in [2.24, 2.45) is 11.8 Å². The molecule has 1 saturated carbocycles. The fourth-order valence-corrected chi connectivity index (χ4v) is 3.80. The number of nitrogens with one attached hydrogen (secondary N) is 1. The van der Waals surface area contributed by atoms with E-state index in [1.807, 2.05) is 0 Å². The highest BCUT2D eigenvalue weighted by molar-refractivity contribution is 9.10. The van der Waals surface area contributed by atoms with Gasteiger partial charge < -0.3 is 5.32 Å². The first-order valence-corrected chi connectivity index (χ1v) is 7.81. The smallest absolute Gasteiger partial charge is 0.0402 e. The van der Waals surface area contributed by atoms with E-state index < -0.39 is 0 Å². The molecule has 0 bridgehead atoms. The number of anilines is 1. The molecule has 0 radical (unpaired) electrons. The Hall–Kier alpha value is -0.500. The van der Waals surface area contributed by atoms with Gasteiger partial charge in [-0.2, -0.15) is 0 Å². The Kier molecular flexibility index (Phi) is 4.37. The molecule has 18 heavy (non-hydrogen) atoms. The van der Waals surface area contributed by atoms with Crippen molar-refractivity contribution in [2.75, 3.05) is 5.32 Å². The highest BCUT2D eigenvalue weighted by Crippen LogP contribution is 2.34. The highest BCUT2D eigenvalue weighted by Gasteiger charge is 2.27. The number of halogens is 1. The van der Waals surface area contributed by atoms with E-state index in [9.17, 15) is 0 Å². The van der Waals surface area contributed by atoms with Crippen molar-refractivity contribution in [3.63, 3.8) is 0 Å². The standard InChI is InChI=1S/C16H24BrN/c1-10-6-5-7-15(13(10)4)18-16-11(2)8-14(17)9-12(16)3/h8-10,13,15,18H,5-7H2,1-4H3. The van der Waals surface area contributed by atoms with Gasteiger partial charge >= 0.3 is 0 Å². The van der Waals surface area contributed by atoms with Crippen LogP contribution in [0.1, 0.15) is 44.2 Å². The van der Waals surface area contributed by atoms with Gasteiger partial charge in [0.2, 0.25) is 0 Å². The first-order chi connectivity index (χ1) is 8.49. The van der Waals surface area contributed by atoms with Gasteiger partial charge in [0.05, 0.1) is 0 Å². The van der Waals surface area contributed by atoms with Crippen LogP contribution in [0.25, 0.3) is 0 Å². The predicted molar refractivity (Wildman–Crippen MR) is 83.2 cm³/mol. The van der Waals surface area contributed by atoms with Gasteiger partial charge in [0, 0.05) is 16.2 Å². The molecule has 3 atom stereocenters. The summed E-state index contributed by atoms with van der Waals surface area (Å²) < 4.78 is 1.17. The van der Waals surface area contributed by atoms with E-state index in [2.05, 4.69) is 61.1 Å². The van der Waals surface area contributed by atoms with E-state index in [1.165, 1.54) is 40.5 Å². The highest BCUT2D eigenvalue weighted by atomic mass is 79.9. The van der Waals surface area contributed by atoms with Gasteiger partial charge in [-0.05, 0) is 55.4 Å². The Morgan fingerprint density at radius 1 is 1.11 bits per heavy atom. The summed E-state index contributed by atoms with van der Waals surface area (Å²) in [6, 6.07) is 5.03. The minimum Gasteiger partial charge on any atom is -0.382 e. The molecule has 0 aliphatic heterocycles. The van der Waals surface area contributed by atoms with Gasteiger partial charge in [0.1, 0.15) is 0 Å². The van der Waals surface area contributed by atoms with Crippen molar-refractivity contribution in [1.82, 2.24) is 0 Å². The van der Waals surface area contributed by atoms with E-state index in [4.69, 9.17) is 0 Å². The minimum atomic E-state index is 0.632. The lowest BCUT2D eigenvalue weighted by Gasteiger charge is -2.36. The number of hydrogen-bond acceptors (Lipinski definition) is 1. The molecule has 1 aromatic rings. The molecule has 1 aromatic carbocycles. The van der Waals surface area contributed by atoms with Crippen LogP contribution in [0.3, 0.4) is 0 Å². The molecule has 2 heteroatoms. The van der Waals surface area contributed by atoms with Crippen LogP contribution in [0.4, 0.5) is 5.69 Å². The molecule has 0 amide bonds. The van der Waals surface area contributed by atoms with Crippen LogP contribution in [-0.2, 0) is 0 Å². The van der Waals surface area contributed by atoms with E-state index >= 15 is 0 Å². The molecule has 1 aliphatic rings. The van der Waals surface area contributed by atoms with Gasteiger partial charge in [0.15, 0.2) is 0 Å². The van der Waals surface area contributed by atoms with Gasteiger partial charge in [0.25, 0.3) is 0 Å². The molecule has 0 saturated heterocycles. The molecule has 3 unspecified atom stereocenters. The van der Waals surface area contributed by atoms with Crippen LogP contribution in [-0.4, -0.2) is 6.04 Å². The Balaban J connectivity index is 2.18. The van der Waals surface area contributed by atoms with E-state index in [1.54, 1.807) is 0 Å². The van der Waals surface area contributed by atoms with Gasteiger partial charge in [-0.15, -0.1) is 0 Å². The quantitative estimate of drug-likeness (QED) is 0.781. The minimum absolute atomic E-state index is 0.632. The molecule has 100 valence electrons. The third-order valence-corrected chi connectivity index (χ3v) is 4.99. The molecular weight excluding hydrogens is 286 g/mol. The second kappa shape index (κ2) is 5.64. The molecule has 1 N–H and O–H groups in total. The zero-order chi connectivity index (χ0) is 13.3. The summed E-state index contributed by atoms with van der Waals surface area (Å²) in [5, 5.41) is 3.80. The summed E-state index contributed by atoms with van der Waals surface area (Å²) >= 11 is 3.57. The Morgan fingerprint density at radius 2 is 1.72 bits per heavy atom. The summed E-state index contributed by atoms with van der Waals surface area (Å²) in [6.45, 7) is 9.17. The zero-order valence-corrected chi connectivity index (χ0v) is 13.5. The first-order valence-electron chi connectivity index (χ1n) is 7.02. The van der Waals surface area contributed by atoms with E-state index in [0.717, 1.165) is 11.8 Å². The zero-order valence-electron chi connectivity index (χ0n) is 11.9. The Bertz CT molecular complexity index is 404. The molecule has 1 fully saturated rings. The van der Waals surface area contributed by atoms with E-state index in [-0.39, 0.29) is 0 Å². The molecule has 1 aliphatic carbocycles. The predicted octanol–water partition coefficient (Wildman–Crippen LogP) is 5.30. The monoisotopic (exact) mass is 309 g/mol. The largest absolute Gasteiger partial charge is 0.382 e. The number of rotatable bonds is 2.